The van der Waals surface area contributed by atoms with Crippen LogP contribution in [-0.4, -0.2) is 22.3 Å². The molecule has 0 aliphatic heterocycles. The Balaban J connectivity index is 1.44. The van der Waals surface area contributed by atoms with Crippen molar-refractivity contribution in [1.82, 2.24) is 0 Å². The van der Waals surface area contributed by atoms with Gasteiger partial charge in [-0.3, -0.25) is 0 Å². The van der Waals surface area contributed by atoms with E-state index in [4.69, 9.17) is 4.74 Å². The molecule has 0 amide bonds. The summed E-state index contributed by atoms with van der Waals surface area (Å²) < 4.78 is 62.7. The van der Waals surface area contributed by atoms with Gasteiger partial charge in [0.25, 0.3) is 0 Å². The van der Waals surface area contributed by atoms with Gasteiger partial charge < -0.3 is 14.9 Å². The van der Waals surface area contributed by atoms with E-state index in [1.807, 2.05) is 6.92 Å². The minimum absolute atomic E-state index is 0.00116. The first kappa shape index (κ1) is 26.7. The van der Waals surface area contributed by atoms with Crippen LogP contribution < -0.4 is 4.74 Å². The smallest absolute Gasteiger partial charge is 0.346 e. The van der Waals surface area contributed by atoms with Crippen LogP contribution in [0.1, 0.15) is 67.3 Å². The van der Waals surface area contributed by atoms with E-state index in [2.05, 4.69) is 0 Å². The maximum Gasteiger partial charge on any atom is 0.346 e. The van der Waals surface area contributed by atoms with Crippen LogP contribution >= 0.6 is 0 Å². The Morgan fingerprint density at radius 3 is 2.22 bits per heavy atom. The first-order chi connectivity index (χ1) is 17.7. The summed E-state index contributed by atoms with van der Waals surface area (Å²) in [5, 5.41) is 19.5. The Bertz CT molecular complexity index is 1270. The molecule has 0 heterocycles. The van der Waals surface area contributed by atoms with Gasteiger partial charge in [0.1, 0.15) is 5.75 Å². The molecule has 8 heteroatoms. The van der Waals surface area contributed by atoms with Gasteiger partial charge >= 0.3 is 5.97 Å². The number of carbonyl (C=O) groups is 1. The number of aromatic hydroxyl groups is 1. The lowest BCUT2D eigenvalue weighted by atomic mass is 9.76. The van der Waals surface area contributed by atoms with E-state index in [-0.39, 0.29) is 40.4 Å². The molecular weight excluding hydrogens is 488 g/mol. The Morgan fingerprint density at radius 2 is 1.57 bits per heavy atom. The van der Waals surface area contributed by atoms with E-state index in [0.29, 0.717) is 12.8 Å². The molecule has 1 atom stereocenters. The van der Waals surface area contributed by atoms with Gasteiger partial charge in [-0.1, -0.05) is 31.5 Å². The van der Waals surface area contributed by atoms with Crippen molar-refractivity contribution in [2.75, 3.05) is 0 Å². The highest BCUT2D eigenvalue weighted by Crippen LogP contribution is 2.39. The lowest BCUT2D eigenvalue weighted by Gasteiger charge is -2.32. The van der Waals surface area contributed by atoms with Crippen LogP contribution in [-0.2, 0) is 0 Å². The summed E-state index contributed by atoms with van der Waals surface area (Å²) in [6.45, 7) is 2.01. The molecule has 4 rings (SSSR count). The number of halogens is 4. The predicted molar refractivity (Wildman–Crippen MR) is 130 cm³/mol. The quantitative estimate of drug-likeness (QED) is 0.197. The maximum atomic E-state index is 14.9. The highest BCUT2D eigenvalue weighted by Gasteiger charge is 2.30. The molecule has 1 saturated carbocycles. The van der Waals surface area contributed by atoms with E-state index in [1.54, 1.807) is 0 Å². The van der Waals surface area contributed by atoms with E-state index in [0.717, 1.165) is 31.7 Å². The Labute approximate surface area is 212 Å². The number of phenols is 1. The Kier molecular flexibility index (Phi) is 8.17. The molecule has 3 aromatic rings. The van der Waals surface area contributed by atoms with Crippen molar-refractivity contribution < 1.29 is 37.3 Å². The molecule has 196 valence electrons. The third-order valence-electron chi connectivity index (χ3n) is 7.11. The van der Waals surface area contributed by atoms with Crippen LogP contribution in [0.5, 0.6) is 11.5 Å². The zero-order chi connectivity index (χ0) is 26.7. The molecule has 0 spiro atoms. The lowest BCUT2D eigenvalue weighted by molar-refractivity contribution is 0.0717. The SMILES string of the molecule is CCCC(O)C1CCC(c2ccc(C(=O)Oc3ccc(-c4ccc(O)c(F)c4F)cc3)c(F)c2F)CC1. The summed E-state index contributed by atoms with van der Waals surface area (Å²) in [7, 11) is 0. The minimum atomic E-state index is -1.38. The Hall–Kier alpha value is -3.39. The van der Waals surface area contributed by atoms with Crippen LogP contribution in [0, 0.1) is 29.2 Å². The van der Waals surface area contributed by atoms with Crippen LogP contribution in [0.25, 0.3) is 11.1 Å². The van der Waals surface area contributed by atoms with Gasteiger partial charge in [0.05, 0.1) is 11.7 Å². The van der Waals surface area contributed by atoms with Gasteiger partial charge in [-0.15, -0.1) is 0 Å². The molecule has 3 aromatic carbocycles. The number of rotatable bonds is 7. The molecule has 0 aromatic heterocycles. The zero-order valence-corrected chi connectivity index (χ0v) is 20.3. The first-order valence-electron chi connectivity index (χ1n) is 12.4. The van der Waals surface area contributed by atoms with Crippen LogP contribution in [0.4, 0.5) is 17.6 Å². The second-order valence-corrected chi connectivity index (χ2v) is 9.47. The summed E-state index contributed by atoms with van der Waals surface area (Å²) >= 11 is 0. The number of phenolic OH excluding ortho intramolecular Hbond substituents is 1. The van der Waals surface area contributed by atoms with Gasteiger partial charge in [0.15, 0.2) is 23.2 Å². The Morgan fingerprint density at radius 1 is 0.892 bits per heavy atom. The highest BCUT2D eigenvalue weighted by molar-refractivity contribution is 5.91. The lowest BCUT2D eigenvalue weighted by Crippen LogP contribution is -2.25. The number of hydrogen-bond donors (Lipinski definition) is 2. The van der Waals surface area contributed by atoms with Crippen molar-refractivity contribution in [2.45, 2.75) is 57.5 Å². The van der Waals surface area contributed by atoms with Crippen molar-refractivity contribution in [2.24, 2.45) is 5.92 Å². The second kappa shape index (κ2) is 11.3. The number of ether oxygens (including phenoxy) is 1. The number of carbonyl (C=O) groups excluding carboxylic acids is 1. The maximum absolute atomic E-state index is 14.9. The number of benzene rings is 3. The standard InChI is InChI=1S/C29H28F4O4/c1-2-3-23(34)18-6-4-16(5-7-18)20-12-13-22(27(32)25(20)30)29(36)37-19-10-8-17(9-11-19)21-14-15-24(35)28(33)26(21)31/h8-16,18,23,34-35H,2-7H2,1H3. The van der Waals surface area contributed by atoms with Gasteiger partial charge in [-0.05, 0) is 85.4 Å². The zero-order valence-electron chi connectivity index (χ0n) is 20.3. The van der Waals surface area contributed by atoms with Gasteiger partial charge in [-0.25, -0.2) is 18.0 Å². The second-order valence-electron chi connectivity index (χ2n) is 9.47. The van der Waals surface area contributed by atoms with Crippen molar-refractivity contribution >= 4 is 5.97 Å². The molecule has 0 saturated heterocycles. The predicted octanol–water partition coefficient (Wildman–Crippen LogP) is 7.27. The monoisotopic (exact) mass is 516 g/mol. The van der Waals surface area contributed by atoms with E-state index >= 15 is 0 Å². The highest BCUT2D eigenvalue weighted by atomic mass is 19.2. The van der Waals surface area contributed by atoms with E-state index in [9.17, 15) is 32.6 Å². The fourth-order valence-corrected chi connectivity index (χ4v) is 5.01. The summed E-state index contributed by atoms with van der Waals surface area (Å²) in [6.07, 6.45) is 3.96. The third-order valence-corrected chi connectivity index (χ3v) is 7.11. The number of esters is 1. The molecule has 1 aliphatic rings. The first-order valence-corrected chi connectivity index (χ1v) is 12.4. The summed E-state index contributed by atoms with van der Waals surface area (Å²) in [4.78, 5) is 12.6. The molecule has 2 N–H and O–H groups in total. The van der Waals surface area contributed by atoms with Crippen LogP contribution in [0.3, 0.4) is 0 Å². The minimum Gasteiger partial charge on any atom is -0.505 e. The average Bonchev–Trinajstić information content (AvgIpc) is 2.90. The van der Waals surface area contributed by atoms with E-state index < -0.39 is 40.6 Å². The average molecular weight is 517 g/mol. The molecule has 1 fully saturated rings. The topological polar surface area (TPSA) is 66.8 Å². The number of aliphatic hydroxyl groups is 1. The molecule has 37 heavy (non-hydrogen) atoms. The third kappa shape index (κ3) is 5.64. The molecule has 0 radical (unpaired) electrons. The van der Waals surface area contributed by atoms with Gasteiger partial charge in [0.2, 0.25) is 5.82 Å². The molecule has 0 bridgehead atoms. The van der Waals surface area contributed by atoms with Crippen molar-refractivity contribution in [3.8, 4) is 22.6 Å². The van der Waals surface area contributed by atoms with Gasteiger partial charge in [0, 0.05) is 5.56 Å². The number of hydrogen-bond acceptors (Lipinski definition) is 4. The summed E-state index contributed by atoms with van der Waals surface area (Å²) in [6, 6.07) is 10.2. The number of aliphatic hydroxyl groups excluding tert-OH is 1. The van der Waals surface area contributed by atoms with Crippen LogP contribution in [0.15, 0.2) is 48.5 Å². The van der Waals surface area contributed by atoms with Crippen molar-refractivity contribution in [3.63, 3.8) is 0 Å². The fraction of sp³-hybridized carbons (Fsp3) is 0.345. The molecule has 1 aliphatic carbocycles. The summed E-state index contributed by atoms with van der Waals surface area (Å²) in [5.74, 6) is -6.91. The fourth-order valence-electron chi connectivity index (χ4n) is 5.01. The van der Waals surface area contributed by atoms with Crippen LogP contribution in [0.2, 0.25) is 0 Å². The van der Waals surface area contributed by atoms with E-state index in [1.165, 1.54) is 42.5 Å². The largest absolute Gasteiger partial charge is 0.505 e. The van der Waals surface area contributed by atoms with Crippen molar-refractivity contribution in [3.05, 3.63) is 82.9 Å². The van der Waals surface area contributed by atoms with Crippen molar-refractivity contribution in [1.29, 1.82) is 0 Å². The molecule has 4 nitrogen and oxygen atoms in total. The van der Waals surface area contributed by atoms with Gasteiger partial charge in [-0.2, -0.15) is 4.39 Å². The molecule has 1 unspecified atom stereocenters. The molecular formula is C29H28F4O4. The normalized spacial score (nSPS) is 18.4. The summed E-state index contributed by atoms with van der Waals surface area (Å²) in [5.41, 5.74) is -0.186.